The Bertz CT molecular complexity index is 1530. The molecule has 3 N–H and O–H groups in total. The number of aromatic nitrogens is 5. The van der Waals surface area contributed by atoms with Crippen molar-refractivity contribution >= 4 is 41.1 Å². The second kappa shape index (κ2) is 12.3. The number of halogens is 2. The van der Waals surface area contributed by atoms with Crippen LogP contribution in [0.1, 0.15) is 40.2 Å². The van der Waals surface area contributed by atoms with Crippen LogP contribution in [0.25, 0.3) is 5.82 Å². The molecule has 0 radical (unpaired) electrons. The van der Waals surface area contributed by atoms with Crippen molar-refractivity contribution in [3.05, 3.63) is 69.0 Å². The van der Waals surface area contributed by atoms with Crippen LogP contribution in [0.3, 0.4) is 0 Å². The summed E-state index contributed by atoms with van der Waals surface area (Å²) in [4.78, 5) is 15.4. The highest BCUT2D eigenvalue weighted by Crippen LogP contribution is 2.26. The van der Waals surface area contributed by atoms with Crippen LogP contribution >= 0.6 is 23.2 Å². The molecule has 15 heteroatoms. The summed E-state index contributed by atoms with van der Waals surface area (Å²) in [6, 6.07) is 10.4. The van der Waals surface area contributed by atoms with E-state index in [2.05, 4.69) is 40.7 Å². The average Bonchev–Trinajstić information content (AvgIpc) is 3.70. The lowest BCUT2D eigenvalue weighted by molar-refractivity contribution is 0.0945. The molecule has 40 heavy (non-hydrogen) atoms. The third-order valence-electron chi connectivity index (χ3n) is 6.21. The first-order valence-electron chi connectivity index (χ1n) is 12.3. The fraction of sp³-hybridized carbons (Fsp3) is 0.280. The monoisotopic (exact) mass is 585 g/mol. The molecule has 1 saturated heterocycles. The number of nitrogens with one attached hydrogen (secondary N) is 1. The van der Waals surface area contributed by atoms with Gasteiger partial charge in [-0.25, -0.2) is 10.1 Å². The van der Waals surface area contributed by atoms with Crippen LogP contribution in [0.5, 0.6) is 11.5 Å². The van der Waals surface area contributed by atoms with Crippen LogP contribution in [-0.2, 0) is 13.2 Å². The van der Waals surface area contributed by atoms with Gasteiger partial charge in [0.05, 0.1) is 13.3 Å². The SMILES string of the molecule is COc1cc(OCc2ccc(Cl)cc2Cl)ccc1/C=N/NC(=O)c1c(CN2CCCC2)nnn1-c1nonc1N. The highest BCUT2D eigenvalue weighted by atomic mass is 35.5. The summed E-state index contributed by atoms with van der Waals surface area (Å²) >= 11 is 12.2. The molecule has 3 heterocycles. The smallest absolute Gasteiger partial charge is 0.292 e. The molecule has 0 bridgehead atoms. The molecule has 1 fully saturated rings. The summed E-state index contributed by atoms with van der Waals surface area (Å²) in [7, 11) is 1.52. The number of methoxy groups -OCH3 is 1. The molecule has 1 aliphatic heterocycles. The van der Waals surface area contributed by atoms with Gasteiger partial charge >= 0.3 is 0 Å². The molecule has 0 atom stereocenters. The number of hydrogen-bond acceptors (Lipinski definition) is 11. The fourth-order valence-corrected chi connectivity index (χ4v) is 4.65. The number of nitrogens with two attached hydrogens (primary N) is 1. The minimum Gasteiger partial charge on any atom is -0.496 e. The standard InChI is InChI=1S/C25H25Cl2N9O4/c1-38-21-11-18(39-14-16-4-6-17(26)10-19(16)27)7-5-15(21)12-29-31-25(37)22-20(13-35-8-2-3-9-35)30-34-36(22)24-23(28)32-40-33-24/h4-7,10-12H,2-3,8-9,13-14H2,1H3,(H2,28,32)(H,31,37)/b29-12+. The molecule has 0 unspecified atom stereocenters. The first-order valence-corrected chi connectivity index (χ1v) is 13.0. The van der Waals surface area contributed by atoms with Crippen molar-refractivity contribution in [3.63, 3.8) is 0 Å². The molecular weight excluding hydrogens is 561 g/mol. The zero-order valence-electron chi connectivity index (χ0n) is 21.4. The maximum Gasteiger partial charge on any atom is 0.292 e. The molecular formula is C25H25Cl2N9O4. The largest absolute Gasteiger partial charge is 0.496 e. The van der Waals surface area contributed by atoms with Gasteiger partial charge in [0.25, 0.3) is 5.91 Å². The topological polar surface area (TPSA) is 159 Å². The number of nitrogen functional groups attached to an aromatic ring is 1. The molecule has 2 aromatic carbocycles. The number of ether oxygens (including phenoxy) is 2. The zero-order chi connectivity index (χ0) is 28.1. The van der Waals surface area contributed by atoms with Crippen molar-refractivity contribution < 1.29 is 18.9 Å². The summed E-state index contributed by atoms with van der Waals surface area (Å²) in [5.41, 5.74) is 10.3. The molecule has 5 rings (SSSR count). The lowest BCUT2D eigenvalue weighted by Crippen LogP contribution is -2.26. The van der Waals surface area contributed by atoms with Gasteiger partial charge in [-0.05, 0) is 60.5 Å². The van der Waals surface area contributed by atoms with Gasteiger partial charge in [0, 0.05) is 33.8 Å². The van der Waals surface area contributed by atoms with Gasteiger partial charge in [-0.3, -0.25) is 9.69 Å². The van der Waals surface area contributed by atoms with Gasteiger partial charge in [-0.1, -0.05) is 34.5 Å². The van der Waals surface area contributed by atoms with Gasteiger partial charge in [0.15, 0.2) is 5.69 Å². The quantitative estimate of drug-likeness (QED) is 0.208. The lowest BCUT2D eigenvalue weighted by atomic mass is 10.2. The molecule has 208 valence electrons. The maximum atomic E-state index is 13.3. The molecule has 1 aliphatic rings. The number of hydrazone groups is 1. The van der Waals surface area contributed by atoms with Gasteiger partial charge in [0.1, 0.15) is 23.8 Å². The normalized spacial score (nSPS) is 13.7. The minimum absolute atomic E-state index is 0.0273. The molecule has 13 nitrogen and oxygen atoms in total. The van der Waals surface area contributed by atoms with E-state index in [1.54, 1.807) is 36.4 Å². The van der Waals surface area contributed by atoms with Crippen LogP contribution in [0.4, 0.5) is 5.82 Å². The van der Waals surface area contributed by atoms with E-state index in [1.807, 2.05) is 0 Å². The maximum absolute atomic E-state index is 13.3. The highest BCUT2D eigenvalue weighted by Gasteiger charge is 2.27. The Balaban J connectivity index is 1.30. The third kappa shape index (κ3) is 6.17. The number of hydrogen-bond donors (Lipinski definition) is 2. The molecule has 0 spiro atoms. The average molecular weight is 586 g/mol. The number of nitrogens with zero attached hydrogens (tertiary/aromatic N) is 7. The second-order valence-electron chi connectivity index (χ2n) is 8.88. The van der Waals surface area contributed by atoms with E-state index in [1.165, 1.54) is 18.0 Å². The predicted octanol–water partition coefficient (Wildman–Crippen LogP) is 3.49. The highest BCUT2D eigenvalue weighted by molar-refractivity contribution is 6.35. The second-order valence-corrected chi connectivity index (χ2v) is 9.72. The first kappa shape index (κ1) is 27.4. The van der Waals surface area contributed by atoms with Crippen LogP contribution in [-0.4, -0.2) is 62.5 Å². The van der Waals surface area contributed by atoms with Crippen molar-refractivity contribution in [2.24, 2.45) is 5.10 Å². The van der Waals surface area contributed by atoms with Gasteiger partial charge in [-0.15, -0.1) is 5.10 Å². The number of rotatable bonds is 10. The summed E-state index contributed by atoms with van der Waals surface area (Å²) < 4.78 is 17.2. The van der Waals surface area contributed by atoms with E-state index in [0.717, 1.165) is 31.5 Å². The van der Waals surface area contributed by atoms with Gasteiger partial charge in [-0.2, -0.15) is 9.78 Å². The lowest BCUT2D eigenvalue weighted by Gasteiger charge is -2.13. The Labute approximate surface area is 238 Å². The van der Waals surface area contributed by atoms with Crippen LogP contribution < -0.4 is 20.6 Å². The Morgan fingerprint density at radius 3 is 2.75 bits per heavy atom. The van der Waals surface area contributed by atoms with Crippen LogP contribution in [0.15, 0.2) is 46.1 Å². The number of benzene rings is 2. The summed E-state index contributed by atoms with van der Waals surface area (Å²) in [6.45, 7) is 2.50. The van der Waals surface area contributed by atoms with E-state index in [4.69, 9.17) is 38.4 Å². The van der Waals surface area contributed by atoms with Crippen molar-refractivity contribution in [2.45, 2.75) is 26.0 Å². The van der Waals surface area contributed by atoms with Crippen molar-refractivity contribution in [2.75, 3.05) is 25.9 Å². The molecule has 4 aromatic rings. The number of carbonyl (C=O) groups excluding carboxylic acids is 1. The fourth-order valence-electron chi connectivity index (χ4n) is 4.19. The van der Waals surface area contributed by atoms with Crippen molar-refractivity contribution in [1.29, 1.82) is 0 Å². The number of amides is 1. The molecule has 0 saturated carbocycles. The summed E-state index contributed by atoms with van der Waals surface area (Å²) in [6.07, 6.45) is 3.62. The third-order valence-corrected chi connectivity index (χ3v) is 6.79. The van der Waals surface area contributed by atoms with E-state index in [9.17, 15) is 4.79 Å². The minimum atomic E-state index is -0.559. The molecule has 2 aromatic heterocycles. The molecule has 1 amide bonds. The first-order chi connectivity index (χ1) is 19.4. The van der Waals surface area contributed by atoms with Crippen LogP contribution in [0.2, 0.25) is 10.0 Å². The Hall–Kier alpha value is -4.20. The van der Waals surface area contributed by atoms with E-state index in [-0.39, 0.29) is 23.9 Å². The van der Waals surface area contributed by atoms with Gasteiger partial charge in [0.2, 0.25) is 11.6 Å². The predicted molar refractivity (Wildman–Crippen MR) is 147 cm³/mol. The van der Waals surface area contributed by atoms with Crippen LogP contribution in [0, 0.1) is 0 Å². The Morgan fingerprint density at radius 2 is 2.02 bits per heavy atom. The van der Waals surface area contributed by atoms with E-state index in [0.29, 0.717) is 39.3 Å². The number of likely N-dealkylation sites (tertiary alicyclic amines) is 1. The summed E-state index contributed by atoms with van der Waals surface area (Å²) in [5, 5.41) is 20.8. The van der Waals surface area contributed by atoms with Crippen molar-refractivity contribution in [3.8, 4) is 17.3 Å². The van der Waals surface area contributed by atoms with Crippen molar-refractivity contribution in [1.82, 2.24) is 35.6 Å². The van der Waals surface area contributed by atoms with E-state index < -0.39 is 5.91 Å². The van der Waals surface area contributed by atoms with E-state index >= 15 is 0 Å². The zero-order valence-corrected chi connectivity index (χ0v) is 22.9. The molecule has 0 aliphatic carbocycles. The number of carbonyl (C=O) groups is 1. The number of anilines is 1. The summed E-state index contributed by atoms with van der Waals surface area (Å²) in [5.74, 6) is 0.522. The Kier molecular flexibility index (Phi) is 8.43. The Morgan fingerprint density at radius 1 is 1.20 bits per heavy atom. The van der Waals surface area contributed by atoms with Gasteiger partial charge < -0.3 is 15.2 Å².